The van der Waals surface area contributed by atoms with Gasteiger partial charge >= 0.3 is 5.97 Å². The molecule has 0 aromatic heterocycles. The second-order valence-corrected chi connectivity index (χ2v) is 4.65. The molecule has 0 aliphatic carbocycles. The lowest BCUT2D eigenvalue weighted by Gasteiger charge is -2.31. The maximum Gasteiger partial charge on any atom is 0.329 e. The van der Waals surface area contributed by atoms with E-state index >= 15 is 0 Å². The Hall–Kier alpha value is -2.51. The normalized spacial score (nSPS) is 11.0. The number of rotatable bonds is 4. The highest BCUT2D eigenvalue weighted by Gasteiger charge is 2.37. The van der Waals surface area contributed by atoms with Crippen LogP contribution in [-0.2, 0) is 4.79 Å². The Labute approximate surface area is 113 Å². The van der Waals surface area contributed by atoms with Crippen LogP contribution in [-0.4, -0.2) is 39.4 Å². The third kappa shape index (κ3) is 2.73. The Balaban J connectivity index is 3.29. The lowest BCUT2D eigenvalue weighted by atomic mass is 10.0. The van der Waals surface area contributed by atoms with Gasteiger partial charge in [0.15, 0.2) is 0 Å². The van der Waals surface area contributed by atoms with Gasteiger partial charge in [0, 0.05) is 7.05 Å². The largest absolute Gasteiger partial charge is 0.480 e. The first-order chi connectivity index (χ1) is 9.09. The predicted octanol–water partition coefficient (Wildman–Crippen LogP) is 1.67. The van der Waals surface area contributed by atoms with Crippen molar-refractivity contribution in [3.05, 3.63) is 39.7 Å². The fraction of sp³-hybridized carbons (Fsp3) is 0.333. The number of hydrogen-bond acceptors (Lipinski definition) is 4. The van der Waals surface area contributed by atoms with Crippen molar-refractivity contribution in [2.24, 2.45) is 0 Å². The molecule has 108 valence electrons. The van der Waals surface area contributed by atoms with Crippen LogP contribution in [0.1, 0.15) is 24.2 Å². The standard InChI is InChI=1S/C12H13FN2O5/c1-12(2,11(17)18)14(3)10(16)8-5-4-7(13)6-9(8)15(19)20/h4-6H,1-3H3,(H,17,18). The number of aliphatic carboxylic acids is 1. The Kier molecular flexibility index (Phi) is 4.07. The highest BCUT2D eigenvalue weighted by molar-refractivity contribution is 6.00. The number of nitro groups is 1. The number of halogens is 1. The summed E-state index contributed by atoms with van der Waals surface area (Å²) in [5, 5.41) is 19.9. The molecule has 20 heavy (non-hydrogen) atoms. The monoisotopic (exact) mass is 284 g/mol. The predicted molar refractivity (Wildman–Crippen MR) is 66.9 cm³/mol. The van der Waals surface area contributed by atoms with Crippen molar-refractivity contribution in [1.29, 1.82) is 0 Å². The summed E-state index contributed by atoms with van der Waals surface area (Å²) in [6.07, 6.45) is 0. The zero-order valence-corrected chi connectivity index (χ0v) is 11.1. The number of hydrogen-bond donors (Lipinski definition) is 1. The molecule has 0 fully saturated rings. The molecule has 7 nitrogen and oxygen atoms in total. The zero-order chi connectivity index (χ0) is 15.7. The molecule has 1 rings (SSSR count). The molecule has 0 bridgehead atoms. The first kappa shape index (κ1) is 15.5. The molecular formula is C12H13FN2O5. The highest BCUT2D eigenvalue weighted by atomic mass is 19.1. The van der Waals surface area contributed by atoms with Gasteiger partial charge in [-0.1, -0.05) is 0 Å². The summed E-state index contributed by atoms with van der Waals surface area (Å²) in [5.74, 6) is -2.99. The number of carboxylic acids is 1. The fourth-order valence-corrected chi connectivity index (χ4v) is 1.41. The van der Waals surface area contributed by atoms with Crippen LogP contribution < -0.4 is 0 Å². The molecule has 0 spiro atoms. The molecule has 1 N–H and O–H groups in total. The fourth-order valence-electron chi connectivity index (χ4n) is 1.41. The summed E-state index contributed by atoms with van der Waals surface area (Å²) in [7, 11) is 1.21. The van der Waals surface area contributed by atoms with E-state index in [0.717, 1.165) is 17.0 Å². The minimum Gasteiger partial charge on any atom is -0.480 e. The summed E-state index contributed by atoms with van der Waals surface area (Å²) in [4.78, 5) is 34.1. The first-order valence-corrected chi connectivity index (χ1v) is 5.54. The van der Waals surface area contributed by atoms with Crippen LogP contribution in [0.25, 0.3) is 0 Å². The van der Waals surface area contributed by atoms with Crippen molar-refractivity contribution < 1.29 is 24.0 Å². The summed E-state index contributed by atoms with van der Waals surface area (Å²) >= 11 is 0. The van der Waals surface area contributed by atoms with Gasteiger partial charge in [-0.2, -0.15) is 0 Å². The van der Waals surface area contributed by atoms with Gasteiger partial charge in [-0.15, -0.1) is 0 Å². The highest BCUT2D eigenvalue weighted by Crippen LogP contribution is 2.24. The van der Waals surface area contributed by atoms with Crippen LogP contribution >= 0.6 is 0 Å². The number of carbonyl (C=O) groups excluding carboxylic acids is 1. The Bertz CT molecular complexity index is 585. The van der Waals surface area contributed by atoms with Crippen molar-refractivity contribution in [2.75, 3.05) is 7.05 Å². The van der Waals surface area contributed by atoms with E-state index in [0.29, 0.717) is 6.07 Å². The van der Waals surface area contributed by atoms with Crippen LogP contribution in [0.4, 0.5) is 10.1 Å². The molecule has 0 unspecified atom stereocenters. The minimum atomic E-state index is -1.56. The lowest BCUT2D eigenvalue weighted by molar-refractivity contribution is -0.385. The molecule has 1 aromatic rings. The number of amides is 1. The molecule has 0 saturated carbocycles. The summed E-state index contributed by atoms with van der Waals surface area (Å²) in [6.45, 7) is 2.56. The molecule has 0 aliphatic heterocycles. The number of carbonyl (C=O) groups is 2. The van der Waals surface area contributed by atoms with Gasteiger partial charge in [-0.05, 0) is 26.0 Å². The molecule has 0 atom stereocenters. The quantitative estimate of drug-likeness (QED) is 0.669. The smallest absolute Gasteiger partial charge is 0.329 e. The second kappa shape index (κ2) is 5.24. The Morgan fingerprint density at radius 2 is 1.95 bits per heavy atom. The zero-order valence-electron chi connectivity index (χ0n) is 11.1. The summed E-state index contributed by atoms with van der Waals surface area (Å²) in [6, 6.07) is 2.49. The van der Waals surface area contributed by atoms with E-state index in [9.17, 15) is 24.1 Å². The van der Waals surface area contributed by atoms with Gasteiger partial charge in [-0.25, -0.2) is 9.18 Å². The van der Waals surface area contributed by atoms with E-state index in [-0.39, 0.29) is 5.56 Å². The number of nitrogens with zero attached hydrogens (tertiary/aromatic N) is 2. The van der Waals surface area contributed by atoms with Crippen LogP contribution in [0.15, 0.2) is 18.2 Å². The van der Waals surface area contributed by atoms with E-state index in [1.54, 1.807) is 0 Å². The van der Waals surface area contributed by atoms with E-state index in [1.165, 1.54) is 20.9 Å². The van der Waals surface area contributed by atoms with Crippen LogP contribution in [0, 0.1) is 15.9 Å². The number of carboxylic acid groups (broad SMARTS) is 1. The van der Waals surface area contributed by atoms with Gasteiger partial charge in [0.05, 0.1) is 11.0 Å². The second-order valence-electron chi connectivity index (χ2n) is 4.65. The average Bonchev–Trinajstić information content (AvgIpc) is 2.36. The Morgan fingerprint density at radius 1 is 1.40 bits per heavy atom. The molecule has 1 aromatic carbocycles. The van der Waals surface area contributed by atoms with Gasteiger partial charge in [0.1, 0.15) is 16.9 Å². The topological polar surface area (TPSA) is 101 Å². The van der Waals surface area contributed by atoms with E-state index in [4.69, 9.17) is 5.11 Å². The van der Waals surface area contributed by atoms with Crippen molar-refractivity contribution >= 4 is 17.6 Å². The van der Waals surface area contributed by atoms with E-state index in [1.807, 2.05) is 0 Å². The summed E-state index contributed by atoms with van der Waals surface area (Å²) in [5.41, 5.74) is -2.63. The lowest BCUT2D eigenvalue weighted by Crippen LogP contribution is -2.50. The van der Waals surface area contributed by atoms with Crippen molar-refractivity contribution in [2.45, 2.75) is 19.4 Å². The van der Waals surface area contributed by atoms with Gasteiger partial charge < -0.3 is 10.0 Å². The molecule has 8 heteroatoms. The van der Waals surface area contributed by atoms with Crippen molar-refractivity contribution in [1.82, 2.24) is 4.90 Å². The van der Waals surface area contributed by atoms with Gasteiger partial charge in [-0.3, -0.25) is 14.9 Å². The Morgan fingerprint density at radius 3 is 2.40 bits per heavy atom. The molecular weight excluding hydrogens is 271 g/mol. The van der Waals surface area contributed by atoms with Gasteiger partial charge in [0.2, 0.25) is 0 Å². The third-order valence-corrected chi connectivity index (χ3v) is 3.05. The number of nitro benzene ring substituents is 1. The number of likely N-dealkylation sites (N-methyl/N-ethyl adjacent to an activating group) is 1. The van der Waals surface area contributed by atoms with E-state index in [2.05, 4.69) is 0 Å². The molecule has 0 saturated heterocycles. The SMILES string of the molecule is CN(C(=O)c1ccc(F)cc1[N+](=O)[O-])C(C)(C)C(=O)O. The van der Waals surface area contributed by atoms with Crippen molar-refractivity contribution in [3.8, 4) is 0 Å². The molecule has 0 aliphatic rings. The molecule has 1 amide bonds. The molecule has 0 radical (unpaired) electrons. The minimum absolute atomic E-state index is 0.367. The number of benzene rings is 1. The average molecular weight is 284 g/mol. The maximum atomic E-state index is 13.0. The van der Waals surface area contributed by atoms with Crippen LogP contribution in [0.2, 0.25) is 0 Å². The maximum absolute atomic E-state index is 13.0. The van der Waals surface area contributed by atoms with Crippen molar-refractivity contribution in [3.63, 3.8) is 0 Å². The van der Waals surface area contributed by atoms with Crippen LogP contribution in [0.3, 0.4) is 0 Å². The van der Waals surface area contributed by atoms with Gasteiger partial charge in [0.25, 0.3) is 11.6 Å². The molecule has 0 heterocycles. The summed E-state index contributed by atoms with van der Waals surface area (Å²) < 4.78 is 13.0. The van der Waals surface area contributed by atoms with E-state index < -0.39 is 33.8 Å². The third-order valence-electron chi connectivity index (χ3n) is 3.05. The van der Waals surface area contributed by atoms with Crippen LogP contribution in [0.5, 0.6) is 0 Å². The first-order valence-electron chi connectivity index (χ1n) is 5.54.